The molecule has 0 bridgehead atoms. The summed E-state index contributed by atoms with van der Waals surface area (Å²) in [6, 6.07) is 12.6. The average Bonchev–Trinajstić information content (AvgIpc) is 2.84. The van der Waals surface area contributed by atoms with Gasteiger partial charge in [0.25, 0.3) is 0 Å². The van der Waals surface area contributed by atoms with Crippen LogP contribution in [0.3, 0.4) is 0 Å². The van der Waals surface area contributed by atoms with Gasteiger partial charge in [0.2, 0.25) is 0 Å². The second kappa shape index (κ2) is 5.29. The minimum absolute atomic E-state index is 0.718. The molecule has 0 fully saturated rings. The van der Waals surface area contributed by atoms with Crippen LogP contribution in [0.5, 0.6) is 0 Å². The first-order valence-corrected chi connectivity index (χ1v) is 8.15. The lowest BCUT2D eigenvalue weighted by atomic mass is 9.66. The summed E-state index contributed by atoms with van der Waals surface area (Å²) < 4.78 is 0. The van der Waals surface area contributed by atoms with Gasteiger partial charge in [0.1, 0.15) is 11.5 Å². The van der Waals surface area contributed by atoms with E-state index >= 15 is 0 Å². The van der Waals surface area contributed by atoms with Crippen molar-refractivity contribution in [3.63, 3.8) is 0 Å². The molecule has 0 saturated carbocycles. The molecular weight excluding hydrogens is 278 g/mol. The summed E-state index contributed by atoms with van der Waals surface area (Å²) in [5.74, 6) is 0. The lowest BCUT2D eigenvalue weighted by Gasteiger charge is -2.37. The lowest BCUT2D eigenvalue weighted by Crippen LogP contribution is -2.36. The van der Waals surface area contributed by atoms with E-state index in [9.17, 15) is 10.4 Å². The van der Waals surface area contributed by atoms with Crippen molar-refractivity contribution in [1.29, 1.82) is 5.26 Å². The van der Waals surface area contributed by atoms with E-state index < -0.39 is 11.5 Å². The Bertz CT molecular complexity index is 712. The summed E-state index contributed by atoms with van der Waals surface area (Å²) in [6.45, 7) is 4.07. The normalized spacial score (nSPS) is 22.4. The van der Waals surface area contributed by atoms with Crippen molar-refractivity contribution in [2.45, 2.75) is 44.6 Å². The van der Waals surface area contributed by atoms with Crippen molar-refractivity contribution in [3.8, 4) is 6.07 Å². The third-order valence-corrected chi connectivity index (χ3v) is 5.54. The van der Waals surface area contributed by atoms with Gasteiger partial charge >= 0.3 is 0 Å². The number of benzene rings is 1. The van der Waals surface area contributed by atoms with E-state index in [0.717, 1.165) is 35.3 Å². The second-order valence-corrected chi connectivity index (χ2v) is 7.33. The molecule has 0 aliphatic heterocycles. The molecule has 2 atom stereocenters. The number of hydrogen-bond donors (Lipinski definition) is 1. The lowest BCUT2D eigenvalue weighted by molar-refractivity contribution is 0.0994. The predicted molar refractivity (Wildman–Crippen MR) is 85.4 cm³/mol. The Hall–Kier alpha value is -1.63. The highest BCUT2D eigenvalue weighted by molar-refractivity contribution is 7.12. The number of fused-ring (bicyclic) bond motifs is 1. The fourth-order valence-corrected chi connectivity index (χ4v) is 4.47. The molecule has 1 aromatic heterocycles. The quantitative estimate of drug-likeness (QED) is 0.903. The Morgan fingerprint density at radius 2 is 2.10 bits per heavy atom. The number of nitriles is 1. The molecule has 1 aromatic carbocycles. The number of hydrogen-bond acceptors (Lipinski definition) is 3. The number of aliphatic hydroxyl groups is 1. The molecule has 2 nitrogen and oxygen atoms in total. The van der Waals surface area contributed by atoms with E-state index in [1.54, 1.807) is 11.3 Å². The monoisotopic (exact) mass is 297 g/mol. The molecule has 2 aromatic rings. The average molecular weight is 297 g/mol. The van der Waals surface area contributed by atoms with E-state index in [1.165, 1.54) is 10.4 Å². The van der Waals surface area contributed by atoms with Gasteiger partial charge in [-0.15, -0.1) is 11.3 Å². The summed E-state index contributed by atoms with van der Waals surface area (Å²) in [5.41, 5.74) is 2.31. The number of thiophene rings is 1. The summed E-state index contributed by atoms with van der Waals surface area (Å²) in [7, 11) is 0. The van der Waals surface area contributed by atoms with Gasteiger partial charge in [-0.2, -0.15) is 5.26 Å². The number of nitrogens with zero attached hydrogens (tertiary/aromatic N) is 1. The van der Waals surface area contributed by atoms with Crippen LogP contribution in [0.1, 0.15) is 45.4 Å². The minimum atomic E-state index is -0.812. The van der Waals surface area contributed by atoms with E-state index in [1.807, 2.05) is 38.1 Å². The Balaban J connectivity index is 2.14. The molecule has 108 valence electrons. The maximum atomic E-state index is 11.0. The van der Waals surface area contributed by atoms with E-state index in [-0.39, 0.29) is 0 Å². The highest BCUT2D eigenvalue weighted by Crippen LogP contribution is 2.47. The van der Waals surface area contributed by atoms with E-state index in [0.29, 0.717) is 0 Å². The van der Waals surface area contributed by atoms with Crippen LogP contribution >= 0.6 is 11.3 Å². The zero-order valence-corrected chi connectivity index (χ0v) is 13.2. The van der Waals surface area contributed by atoms with Crippen molar-refractivity contribution in [3.05, 3.63) is 56.8 Å². The third kappa shape index (κ3) is 2.19. The molecular formula is C18H19NOS. The van der Waals surface area contributed by atoms with Crippen molar-refractivity contribution in [1.82, 2.24) is 0 Å². The Morgan fingerprint density at radius 1 is 1.33 bits per heavy atom. The molecule has 0 spiro atoms. The zero-order valence-electron chi connectivity index (χ0n) is 12.4. The van der Waals surface area contributed by atoms with Gasteiger partial charge in [-0.25, -0.2) is 0 Å². The first kappa shape index (κ1) is 14.3. The molecule has 1 heterocycles. The summed E-state index contributed by atoms with van der Waals surface area (Å²) in [6.07, 6.45) is 1.90. The van der Waals surface area contributed by atoms with Crippen molar-refractivity contribution < 1.29 is 5.11 Å². The molecule has 2 unspecified atom stereocenters. The van der Waals surface area contributed by atoms with Crippen LogP contribution in [0, 0.1) is 25.2 Å². The highest BCUT2D eigenvalue weighted by Gasteiger charge is 2.44. The summed E-state index contributed by atoms with van der Waals surface area (Å²) >= 11 is 1.68. The first-order chi connectivity index (χ1) is 10.1. The first-order valence-electron chi connectivity index (χ1n) is 7.33. The van der Waals surface area contributed by atoms with Crippen molar-refractivity contribution in [2.24, 2.45) is 0 Å². The third-order valence-electron chi connectivity index (χ3n) is 4.56. The molecule has 0 amide bonds. The van der Waals surface area contributed by atoms with Crippen LogP contribution in [-0.2, 0) is 11.8 Å². The molecule has 0 radical (unpaired) electrons. The van der Waals surface area contributed by atoms with Crippen molar-refractivity contribution >= 4 is 11.3 Å². The SMILES string of the molecule is Cc1cc(C(O)C2(C#N)CCCc3ccccc32)c(C)s1. The maximum Gasteiger partial charge on any atom is 0.112 e. The Kier molecular flexibility index (Phi) is 3.61. The van der Waals surface area contributed by atoms with Gasteiger partial charge in [0, 0.05) is 9.75 Å². The van der Waals surface area contributed by atoms with Crippen LogP contribution in [0.25, 0.3) is 0 Å². The minimum Gasteiger partial charge on any atom is -0.386 e. The Labute approximate surface area is 129 Å². The van der Waals surface area contributed by atoms with Gasteiger partial charge in [-0.1, -0.05) is 24.3 Å². The largest absolute Gasteiger partial charge is 0.386 e. The molecule has 1 aliphatic rings. The zero-order chi connectivity index (χ0) is 15.0. The molecule has 0 saturated heterocycles. The van der Waals surface area contributed by atoms with Crippen LogP contribution < -0.4 is 0 Å². The topological polar surface area (TPSA) is 44.0 Å². The van der Waals surface area contributed by atoms with Crippen LogP contribution in [-0.4, -0.2) is 5.11 Å². The van der Waals surface area contributed by atoms with Crippen LogP contribution in [0.2, 0.25) is 0 Å². The number of aryl methyl sites for hydroxylation is 3. The fraction of sp³-hybridized carbons (Fsp3) is 0.389. The van der Waals surface area contributed by atoms with Gasteiger partial charge in [0.15, 0.2) is 0 Å². The van der Waals surface area contributed by atoms with Gasteiger partial charge in [-0.05, 0) is 55.9 Å². The number of aliphatic hydroxyl groups excluding tert-OH is 1. The maximum absolute atomic E-state index is 11.0. The molecule has 3 rings (SSSR count). The Morgan fingerprint density at radius 3 is 2.76 bits per heavy atom. The van der Waals surface area contributed by atoms with Gasteiger partial charge < -0.3 is 5.11 Å². The van der Waals surface area contributed by atoms with Gasteiger partial charge in [-0.3, -0.25) is 0 Å². The van der Waals surface area contributed by atoms with E-state index in [2.05, 4.69) is 12.1 Å². The predicted octanol–water partition coefficient (Wildman–Crippen LogP) is 4.20. The second-order valence-electron chi connectivity index (χ2n) is 5.86. The van der Waals surface area contributed by atoms with Crippen molar-refractivity contribution in [2.75, 3.05) is 0 Å². The van der Waals surface area contributed by atoms with Crippen LogP contribution in [0.4, 0.5) is 0 Å². The molecule has 21 heavy (non-hydrogen) atoms. The molecule has 3 heteroatoms. The standard InChI is InChI=1S/C18H19NOS/c1-12-10-15(13(2)21-12)17(20)18(11-19)9-5-7-14-6-3-4-8-16(14)18/h3-4,6,8,10,17,20H,5,7,9H2,1-2H3. The molecule has 1 aliphatic carbocycles. The van der Waals surface area contributed by atoms with Crippen LogP contribution in [0.15, 0.2) is 30.3 Å². The van der Waals surface area contributed by atoms with E-state index in [4.69, 9.17) is 0 Å². The fourth-order valence-electron chi connectivity index (χ4n) is 3.51. The molecule has 1 N–H and O–H groups in total. The summed E-state index contributed by atoms with van der Waals surface area (Å²) in [4.78, 5) is 2.29. The smallest absolute Gasteiger partial charge is 0.112 e. The summed E-state index contributed by atoms with van der Waals surface area (Å²) in [5, 5.41) is 20.9. The highest BCUT2D eigenvalue weighted by atomic mass is 32.1. The number of rotatable bonds is 2. The van der Waals surface area contributed by atoms with Gasteiger partial charge in [0.05, 0.1) is 6.07 Å².